The Morgan fingerprint density at radius 2 is 1.97 bits per heavy atom. The Labute approximate surface area is 173 Å². The number of hydrogen-bond donors (Lipinski definition) is 1. The highest BCUT2D eigenvalue weighted by molar-refractivity contribution is 5.91. The van der Waals surface area contributed by atoms with Gasteiger partial charge in [0, 0.05) is 6.07 Å². The van der Waals surface area contributed by atoms with E-state index in [-0.39, 0.29) is 28.9 Å². The molecular formula is C22H22N4O4. The van der Waals surface area contributed by atoms with Crippen LogP contribution in [-0.2, 0) is 0 Å². The van der Waals surface area contributed by atoms with Crippen molar-refractivity contribution in [2.45, 2.75) is 33.8 Å². The molecule has 0 bridgehead atoms. The molecule has 0 unspecified atom stereocenters. The number of hydrogen-bond acceptors (Lipinski definition) is 6. The van der Waals surface area contributed by atoms with E-state index in [1.807, 2.05) is 26.0 Å². The van der Waals surface area contributed by atoms with E-state index in [4.69, 9.17) is 9.47 Å². The second-order valence-electron chi connectivity index (χ2n) is 7.20. The molecule has 1 aromatic heterocycles. The van der Waals surface area contributed by atoms with Crippen LogP contribution in [0.2, 0.25) is 0 Å². The van der Waals surface area contributed by atoms with E-state index in [1.165, 1.54) is 19.3 Å². The van der Waals surface area contributed by atoms with Crippen molar-refractivity contribution in [1.82, 2.24) is 9.97 Å². The molecule has 0 atom stereocenters. The fraction of sp³-hybridized carbons (Fsp3) is 0.273. The van der Waals surface area contributed by atoms with Crippen LogP contribution in [-0.4, -0.2) is 28.1 Å². The average molecular weight is 406 g/mol. The van der Waals surface area contributed by atoms with Crippen LogP contribution in [0.1, 0.15) is 36.4 Å². The smallest absolute Gasteiger partial charge is 0.315 e. The fourth-order valence-electron chi connectivity index (χ4n) is 3.05. The maximum absolute atomic E-state index is 11.6. The van der Waals surface area contributed by atoms with Gasteiger partial charge in [-0.3, -0.25) is 10.1 Å². The number of nitrogens with zero attached hydrogens (tertiary/aromatic N) is 3. The number of fused-ring (bicyclic) bond motifs is 1. The van der Waals surface area contributed by atoms with Gasteiger partial charge < -0.3 is 14.5 Å². The molecule has 0 amide bonds. The minimum absolute atomic E-state index is 0.0582. The number of nitro groups is 1. The lowest BCUT2D eigenvalue weighted by atomic mass is 10.1. The molecule has 0 fully saturated rings. The van der Waals surface area contributed by atoms with Gasteiger partial charge in [-0.05, 0) is 68.7 Å². The zero-order chi connectivity index (χ0) is 22.0. The number of aryl methyl sites for hydroxylation is 2. The Kier molecular flexibility index (Phi) is 5.74. The van der Waals surface area contributed by atoms with E-state index < -0.39 is 4.92 Å². The molecule has 3 aromatic rings. The Morgan fingerprint density at radius 1 is 1.27 bits per heavy atom. The van der Waals surface area contributed by atoms with Gasteiger partial charge >= 0.3 is 5.69 Å². The summed E-state index contributed by atoms with van der Waals surface area (Å²) < 4.78 is 10.9. The minimum Gasteiger partial charge on any atom is -0.493 e. The van der Waals surface area contributed by atoms with Crippen LogP contribution in [0.5, 0.6) is 11.5 Å². The van der Waals surface area contributed by atoms with Gasteiger partial charge in [0.2, 0.25) is 5.75 Å². The van der Waals surface area contributed by atoms with Crippen LogP contribution < -0.4 is 9.47 Å². The first kappa shape index (κ1) is 20.9. The molecule has 0 saturated carbocycles. The number of nitriles is 1. The zero-order valence-electron chi connectivity index (χ0n) is 17.4. The number of methoxy groups -OCH3 is 1. The first-order valence-electron chi connectivity index (χ1n) is 9.35. The molecule has 8 heteroatoms. The SMILES string of the molecule is COc1cc(/C=C(/C#N)c2nc3cc(C)c(C)cc3[nH]2)cc([N+](=O)[O-])c1OC(C)C. The summed E-state index contributed by atoms with van der Waals surface area (Å²) in [6.45, 7) is 7.55. The molecule has 1 N–H and O–H groups in total. The first-order chi connectivity index (χ1) is 14.2. The number of rotatable bonds is 6. The van der Waals surface area contributed by atoms with Crippen LogP contribution >= 0.6 is 0 Å². The third kappa shape index (κ3) is 4.10. The number of allylic oxidation sites excluding steroid dienone is 1. The molecule has 30 heavy (non-hydrogen) atoms. The van der Waals surface area contributed by atoms with E-state index in [9.17, 15) is 15.4 Å². The van der Waals surface area contributed by atoms with Crippen LogP contribution in [0.3, 0.4) is 0 Å². The molecule has 3 rings (SSSR count). The third-order valence-electron chi connectivity index (χ3n) is 4.61. The summed E-state index contributed by atoms with van der Waals surface area (Å²) >= 11 is 0. The van der Waals surface area contributed by atoms with Crippen molar-refractivity contribution in [3.8, 4) is 17.6 Å². The molecule has 0 aliphatic heterocycles. The molecular weight excluding hydrogens is 384 g/mol. The van der Waals surface area contributed by atoms with E-state index in [1.54, 1.807) is 19.9 Å². The summed E-state index contributed by atoms with van der Waals surface area (Å²) in [5.74, 6) is 0.668. The topological polar surface area (TPSA) is 114 Å². The normalized spacial score (nSPS) is 11.6. The van der Waals surface area contributed by atoms with Crippen molar-refractivity contribution in [2.75, 3.05) is 7.11 Å². The Hall–Kier alpha value is -3.86. The van der Waals surface area contributed by atoms with Crippen molar-refractivity contribution in [3.63, 3.8) is 0 Å². The van der Waals surface area contributed by atoms with Crippen molar-refractivity contribution >= 4 is 28.4 Å². The standard InChI is InChI=1S/C22H22N4O4/c1-12(2)30-21-19(26(27)28)9-15(10-20(21)29-5)8-16(11-23)22-24-17-6-13(3)14(4)7-18(17)25-22/h6-10,12H,1-5H3,(H,24,25)/b16-8-. The molecule has 8 nitrogen and oxygen atoms in total. The van der Waals surface area contributed by atoms with Gasteiger partial charge in [-0.15, -0.1) is 0 Å². The molecule has 0 saturated heterocycles. The highest BCUT2D eigenvalue weighted by atomic mass is 16.6. The van der Waals surface area contributed by atoms with E-state index >= 15 is 0 Å². The van der Waals surface area contributed by atoms with Crippen molar-refractivity contribution in [2.24, 2.45) is 0 Å². The minimum atomic E-state index is -0.531. The quantitative estimate of drug-likeness (QED) is 0.352. The number of aromatic nitrogens is 2. The van der Waals surface area contributed by atoms with E-state index in [0.29, 0.717) is 11.4 Å². The van der Waals surface area contributed by atoms with Crippen LogP contribution in [0, 0.1) is 35.3 Å². The number of nitro benzene ring substituents is 1. The number of ether oxygens (including phenoxy) is 2. The average Bonchev–Trinajstić information content (AvgIpc) is 3.08. The third-order valence-corrected chi connectivity index (χ3v) is 4.61. The second-order valence-corrected chi connectivity index (χ2v) is 7.20. The van der Waals surface area contributed by atoms with Crippen LogP contribution in [0.25, 0.3) is 22.7 Å². The van der Waals surface area contributed by atoms with Gasteiger partial charge in [0.25, 0.3) is 0 Å². The van der Waals surface area contributed by atoms with Crippen LogP contribution in [0.15, 0.2) is 24.3 Å². The lowest BCUT2D eigenvalue weighted by molar-refractivity contribution is -0.386. The summed E-state index contributed by atoms with van der Waals surface area (Å²) in [6.07, 6.45) is 1.27. The number of benzene rings is 2. The number of aromatic amines is 1. The van der Waals surface area contributed by atoms with Gasteiger partial charge in [0.05, 0.1) is 34.7 Å². The molecule has 0 radical (unpaired) electrons. The van der Waals surface area contributed by atoms with Gasteiger partial charge in [-0.1, -0.05) is 0 Å². The van der Waals surface area contributed by atoms with Crippen molar-refractivity contribution in [1.29, 1.82) is 5.26 Å². The van der Waals surface area contributed by atoms with E-state index in [0.717, 1.165) is 22.2 Å². The molecule has 0 spiro atoms. The summed E-state index contributed by atoms with van der Waals surface area (Å²) in [5, 5.41) is 21.3. The van der Waals surface area contributed by atoms with Gasteiger partial charge in [-0.25, -0.2) is 4.98 Å². The van der Waals surface area contributed by atoms with Crippen LogP contribution in [0.4, 0.5) is 5.69 Å². The molecule has 2 aromatic carbocycles. The Bertz CT molecular complexity index is 1160. The lowest BCUT2D eigenvalue weighted by Crippen LogP contribution is -2.09. The first-order valence-corrected chi connectivity index (χ1v) is 9.35. The fourth-order valence-corrected chi connectivity index (χ4v) is 3.05. The van der Waals surface area contributed by atoms with Crippen molar-refractivity contribution < 1.29 is 14.4 Å². The molecule has 0 aliphatic carbocycles. The van der Waals surface area contributed by atoms with Crippen molar-refractivity contribution in [3.05, 3.63) is 56.9 Å². The predicted molar refractivity (Wildman–Crippen MR) is 114 cm³/mol. The number of imidazole rings is 1. The summed E-state index contributed by atoms with van der Waals surface area (Å²) in [7, 11) is 1.41. The maximum atomic E-state index is 11.6. The Morgan fingerprint density at radius 3 is 2.57 bits per heavy atom. The second kappa shape index (κ2) is 8.25. The highest BCUT2D eigenvalue weighted by Gasteiger charge is 2.23. The number of H-pyrrole nitrogens is 1. The zero-order valence-corrected chi connectivity index (χ0v) is 17.4. The molecule has 154 valence electrons. The van der Waals surface area contributed by atoms with Gasteiger partial charge in [0.15, 0.2) is 5.75 Å². The summed E-state index contributed by atoms with van der Waals surface area (Å²) in [6, 6.07) is 8.99. The maximum Gasteiger partial charge on any atom is 0.315 e. The lowest BCUT2D eigenvalue weighted by Gasteiger charge is -2.14. The number of nitrogens with one attached hydrogen (secondary N) is 1. The highest BCUT2D eigenvalue weighted by Crippen LogP contribution is 2.39. The van der Waals surface area contributed by atoms with Gasteiger partial charge in [-0.2, -0.15) is 5.26 Å². The van der Waals surface area contributed by atoms with Gasteiger partial charge in [0.1, 0.15) is 11.9 Å². The predicted octanol–water partition coefficient (Wildman–Crippen LogP) is 4.95. The molecule has 1 heterocycles. The monoisotopic (exact) mass is 406 g/mol. The summed E-state index contributed by atoms with van der Waals surface area (Å²) in [5.41, 5.74) is 4.22. The molecule has 0 aliphatic rings. The largest absolute Gasteiger partial charge is 0.493 e. The Balaban J connectivity index is 2.13. The van der Waals surface area contributed by atoms with E-state index in [2.05, 4.69) is 16.0 Å². The summed E-state index contributed by atoms with van der Waals surface area (Å²) in [4.78, 5) is 18.7.